The van der Waals surface area contributed by atoms with Crippen LogP contribution in [-0.2, 0) is 4.79 Å². The molecule has 0 saturated heterocycles. The highest BCUT2D eigenvalue weighted by Gasteiger charge is 2.28. The monoisotopic (exact) mass is 776 g/mol. The van der Waals surface area contributed by atoms with Gasteiger partial charge in [-0.2, -0.15) is 0 Å². The molecular formula is C49H93NO5. The lowest BCUT2D eigenvalue weighted by Crippen LogP contribution is -2.53. The SMILES string of the molecule is CCCC/C=C/CC/C=C/CC/C=C/CCCC(O)C(O)C(CO)NC(=O)C(O)CCCCCCCCCCCCCCCCCCCCCCCCCC. The largest absolute Gasteiger partial charge is 0.394 e. The zero-order valence-electron chi connectivity index (χ0n) is 36.4. The van der Waals surface area contributed by atoms with E-state index in [-0.39, 0.29) is 0 Å². The molecule has 1 amide bonds. The summed E-state index contributed by atoms with van der Waals surface area (Å²) < 4.78 is 0. The van der Waals surface area contributed by atoms with Crippen molar-refractivity contribution in [3.8, 4) is 0 Å². The molecule has 0 saturated carbocycles. The molecule has 0 fully saturated rings. The fourth-order valence-electron chi connectivity index (χ4n) is 7.25. The molecule has 0 rings (SSSR count). The fourth-order valence-corrected chi connectivity index (χ4v) is 7.25. The third kappa shape index (κ3) is 37.8. The van der Waals surface area contributed by atoms with Gasteiger partial charge in [0.15, 0.2) is 0 Å². The number of rotatable bonds is 43. The molecule has 0 heterocycles. The van der Waals surface area contributed by atoms with Gasteiger partial charge in [-0.1, -0.05) is 217 Å². The first kappa shape index (κ1) is 53.5. The lowest BCUT2D eigenvalue weighted by molar-refractivity contribution is -0.132. The van der Waals surface area contributed by atoms with E-state index < -0.39 is 36.9 Å². The molecule has 0 aliphatic rings. The molecule has 55 heavy (non-hydrogen) atoms. The maximum absolute atomic E-state index is 12.5. The van der Waals surface area contributed by atoms with Crippen molar-refractivity contribution in [2.75, 3.05) is 6.61 Å². The van der Waals surface area contributed by atoms with E-state index in [1.165, 1.54) is 154 Å². The zero-order chi connectivity index (χ0) is 40.3. The van der Waals surface area contributed by atoms with E-state index >= 15 is 0 Å². The van der Waals surface area contributed by atoms with Crippen LogP contribution < -0.4 is 5.32 Å². The summed E-state index contributed by atoms with van der Waals surface area (Å²) >= 11 is 0. The van der Waals surface area contributed by atoms with Crippen LogP contribution in [0.2, 0.25) is 0 Å². The minimum Gasteiger partial charge on any atom is -0.394 e. The zero-order valence-corrected chi connectivity index (χ0v) is 36.4. The Hall–Kier alpha value is -1.47. The van der Waals surface area contributed by atoms with E-state index in [0.29, 0.717) is 19.3 Å². The number of carbonyl (C=O) groups is 1. The molecule has 0 radical (unpaired) electrons. The Balaban J connectivity index is 3.70. The van der Waals surface area contributed by atoms with Crippen LogP contribution in [-0.4, -0.2) is 57.3 Å². The van der Waals surface area contributed by atoms with Gasteiger partial charge in [-0.15, -0.1) is 0 Å². The maximum atomic E-state index is 12.5. The standard InChI is InChI=1S/C49H93NO5/c1-3-5-7-9-11-13-15-17-19-20-21-22-23-24-25-26-27-29-31-33-35-37-39-41-43-47(53)49(55)50-45(44-51)48(54)46(52)42-40-38-36-34-32-30-28-18-16-14-12-10-8-6-4-2/h10,12,18,28,34,36,45-48,51-54H,3-9,11,13-17,19-27,29-33,35,37-44H2,1-2H3,(H,50,55)/b12-10+,28-18+,36-34+. The molecule has 5 N–H and O–H groups in total. The molecule has 0 bridgehead atoms. The predicted molar refractivity (Wildman–Crippen MR) is 237 cm³/mol. The summed E-state index contributed by atoms with van der Waals surface area (Å²) in [7, 11) is 0. The number of hydrogen-bond acceptors (Lipinski definition) is 5. The van der Waals surface area contributed by atoms with Gasteiger partial charge in [0.1, 0.15) is 12.2 Å². The van der Waals surface area contributed by atoms with Crippen molar-refractivity contribution >= 4 is 5.91 Å². The van der Waals surface area contributed by atoms with Gasteiger partial charge in [-0.05, 0) is 57.8 Å². The van der Waals surface area contributed by atoms with Gasteiger partial charge in [-0.25, -0.2) is 0 Å². The molecule has 0 aliphatic carbocycles. The Labute approximate surface area is 341 Å². The maximum Gasteiger partial charge on any atom is 0.249 e. The van der Waals surface area contributed by atoms with E-state index in [9.17, 15) is 25.2 Å². The smallest absolute Gasteiger partial charge is 0.249 e. The Bertz CT molecular complexity index is 873. The third-order valence-electron chi connectivity index (χ3n) is 11.1. The number of amides is 1. The summed E-state index contributed by atoms with van der Waals surface area (Å²) in [6.45, 7) is 4.00. The Morgan fingerprint density at radius 2 is 0.764 bits per heavy atom. The molecular weight excluding hydrogens is 683 g/mol. The van der Waals surface area contributed by atoms with E-state index in [1.54, 1.807) is 0 Å². The predicted octanol–water partition coefficient (Wildman–Crippen LogP) is 12.9. The highest BCUT2D eigenvalue weighted by molar-refractivity contribution is 5.80. The average molecular weight is 776 g/mol. The Morgan fingerprint density at radius 3 is 1.13 bits per heavy atom. The normalized spacial score (nSPS) is 14.4. The quantitative estimate of drug-likeness (QED) is 0.0313. The van der Waals surface area contributed by atoms with Gasteiger partial charge in [0.25, 0.3) is 0 Å². The number of unbranched alkanes of at least 4 members (excludes halogenated alkanes) is 28. The Kier molecular flexibility index (Phi) is 42.5. The molecule has 0 aromatic carbocycles. The van der Waals surface area contributed by atoms with Gasteiger partial charge in [-0.3, -0.25) is 4.79 Å². The van der Waals surface area contributed by atoms with E-state index in [2.05, 4.69) is 55.6 Å². The van der Waals surface area contributed by atoms with Crippen molar-refractivity contribution in [1.29, 1.82) is 0 Å². The molecule has 0 aromatic rings. The summed E-state index contributed by atoms with van der Waals surface area (Å²) in [6, 6.07) is -1.01. The topological polar surface area (TPSA) is 110 Å². The van der Waals surface area contributed by atoms with Crippen LogP contribution in [0.4, 0.5) is 0 Å². The van der Waals surface area contributed by atoms with Crippen LogP contribution in [0.25, 0.3) is 0 Å². The van der Waals surface area contributed by atoms with Gasteiger partial charge in [0.05, 0.1) is 18.8 Å². The molecule has 0 spiro atoms. The van der Waals surface area contributed by atoms with Crippen molar-refractivity contribution in [1.82, 2.24) is 5.32 Å². The van der Waals surface area contributed by atoms with Crippen LogP contribution in [0, 0.1) is 0 Å². The molecule has 324 valence electrons. The first-order valence-corrected chi connectivity index (χ1v) is 23.9. The summed E-state index contributed by atoms with van der Waals surface area (Å²) in [5.74, 6) is -0.597. The molecule has 6 heteroatoms. The molecule has 4 unspecified atom stereocenters. The van der Waals surface area contributed by atoms with Gasteiger partial charge in [0, 0.05) is 0 Å². The van der Waals surface area contributed by atoms with Crippen LogP contribution in [0.1, 0.15) is 239 Å². The second kappa shape index (κ2) is 43.6. The number of aliphatic hydroxyl groups excluding tert-OH is 4. The van der Waals surface area contributed by atoms with Gasteiger partial charge < -0.3 is 25.7 Å². The van der Waals surface area contributed by atoms with Gasteiger partial charge in [0.2, 0.25) is 5.91 Å². The van der Waals surface area contributed by atoms with Crippen molar-refractivity contribution in [2.45, 2.75) is 263 Å². The third-order valence-corrected chi connectivity index (χ3v) is 11.1. The lowest BCUT2D eigenvalue weighted by Gasteiger charge is -2.27. The molecule has 4 atom stereocenters. The highest BCUT2D eigenvalue weighted by atomic mass is 16.3. The summed E-state index contributed by atoms with van der Waals surface area (Å²) in [6.07, 6.45) is 51.9. The number of allylic oxidation sites excluding steroid dienone is 6. The van der Waals surface area contributed by atoms with E-state index in [4.69, 9.17) is 0 Å². The highest BCUT2D eigenvalue weighted by Crippen LogP contribution is 2.17. The number of nitrogens with one attached hydrogen (secondary N) is 1. The lowest BCUT2D eigenvalue weighted by atomic mass is 10.00. The number of aliphatic hydroxyl groups is 4. The van der Waals surface area contributed by atoms with E-state index in [0.717, 1.165) is 51.4 Å². The van der Waals surface area contributed by atoms with Crippen LogP contribution in [0.3, 0.4) is 0 Å². The van der Waals surface area contributed by atoms with Crippen molar-refractivity contribution in [3.05, 3.63) is 36.5 Å². The molecule has 0 aromatic heterocycles. The van der Waals surface area contributed by atoms with Crippen LogP contribution >= 0.6 is 0 Å². The Morgan fingerprint density at radius 1 is 0.436 bits per heavy atom. The molecule has 6 nitrogen and oxygen atoms in total. The second-order valence-electron chi connectivity index (χ2n) is 16.4. The van der Waals surface area contributed by atoms with Gasteiger partial charge >= 0.3 is 0 Å². The first-order chi connectivity index (χ1) is 27.0. The summed E-state index contributed by atoms with van der Waals surface area (Å²) in [5.41, 5.74) is 0. The first-order valence-electron chi connectivity index (χ1n) is 23.9. The summed E-state index contributed by atoms with van der Waals surface area (Å²) in [4.78, 5) is 12.5. The average Bonchev–Trinajstić information content (AvgIpc) is 3.19. The number of carbonyl (C=O) groups excluding carboxylic acids is 1. The minimum absolute atomic E-state index is 0.362. The van der Waals surface area contributed by atoms with E-state index in [1.807, 2.05) is 0 Å². The number of hydrogen-bond donors (Lipinski definition) is 5. The van der Waals surface area contributed by atoms with Crippen molar-refractivity contribution in [3.63, 3.8) is 0 Å². The fraction of sp³-hybridized carbons (Fsp3) is 0.857. The van der Waals surface area contributed by atoms with Crippen LogP contribution in [0.5, 0.6) is 0 Å². The van der Waals surface area contributed by atoms with Crippen LogP contribution in [0.15, 0.2) is 36.5 Å². The van der Waals surface area contributed by atoms with Crippen molar-refractivity contribution < 1.29 is 25.2 Å². The summed E-state index contributed by atoms with van der Waals surface area (Å²) in [5, 5.41) is 43.7. The minimum atomic E-state index is -1.29. The van der Waals surface area contributed by atoms with Crippen molar-refractivity contribution in [2.24, 2.45) is 0 Å². The second-order valence-corrected chi connectivity index (χ2v) is 16.4. The molecule has 0 aliphatic heterocycles.